The van der Waals surface area contributed by atoms with Crippen LogP contribution in [0.1, 0.15) is 50.1 Å². The van der Waals surface area contributed by atoms with Gasteiger partial charge in [0.15, 0.2) is 0 Å². The Balaban J connectivity index is 1.38. The van der Waals surface area contributed by atoms with Crippen LogP contribution in [-0.4, -0.2) is 60.0 Å². The maximum Gasteiger partial charge on any atom is 0.407 e. The lowest BCUT2D eigenvalue weighted by atomic mass is 9.98. The van der Waals surface area contributed by atoms with Gasteiger partial charge in [-0.25, -0.2) is 4.79 Å². The molecule has 1 heterocycles. The van der Waals surface area contributed by atoms with E-state index in [9.17, 15) is 14.4 Å². The summed E-state index contributed by atoms with van der Waals surface area (Å²) in [5.41, 5.74) is 3.57. The van der Waals surface area contributed by atoms with Gasteiger partial charge in [0.25, 0.3) is 0 Å². The van der Waals surface area contributed by atoms with Crippen molar-refractivity contribution in [1.29, 1.82) is 0 Å². The number of carbonyl (C=O) groups excluding carboxylic acids is 3. The minimum atomic E-state index is -1.22. The Morgan fingerprint density at radius 2 is 1.67 bits per heavy atom. The quantitative estimate of drug-likeness (QED) is 0.373. The number of nitrogens with zero attached hydrogens (tertiary/aromatic N) is 2. The fraction of sp³-hybridized carbons (Fsp3) is 0.393. The molecule has 0 aliphatic heterocycles. The molecule has 11 nitrogen and oxygen atoms in total. The number of methoxy groups -OCH3 is 1. The fourth-order valence-electron chi connectivity index (χ4n) is 4.38. The van der Waals surface area contributed by atoms with Crippen molar-refractivity contribution >= 4 is 18.0 Å². The van der Waals surface area contributed by atoms with Gasteiger partial charge in [0.2, 0.25) is 11.8 Å². The molecule has 0 bridgehead atoms. The third-order valence-corrected chi connectivity index (χ3v) is 6.01. The van der Waals surface area contributed by atoms with Crippen molar-refractivity contribution in [3.8, 4) is 17.1 Å². The predicted octanol–water partition coefficient (Wildman–Crippen LogP) is 3.38. The van der Waals surface area contributed by atoms with Crippen LogP contribution in [0.2, 0.25) is 0 Å². The summed E-state index contributed by atoms with van der Waals surface area (Å²) in [6, 6.07) is 14.8. The molecule has 1 aliphatic rings. The van der Waals surface area contributed by atoms with Crippen LogP contribution in [0.25, 0.3) is 11.1 Å². The van der Waals surface area contributed by atoms with Crippen molar-refractivity contribution in [2.75, 3.05) is 20.3 Å². The van der Waals surface area contributed by atoms with E-state index in [1.165, 1.54) is 7.11 Å². The highest BCUT2D eigenvalue weighted by Crippen LogP contribution is 2.44. The Hall–Kier alpha value is -4.41. The lowest BCUT2D eigenvalue weighted by molar-refractivity contribution is -0.156. The molecule has 2 aromatic carbocycles. The number of aromatic nitrogens is 2. The van der Waals surface area contributed by atoms with E-state index in [-0.39, 0.29) is 43.8 Å². The summed E-state index contributed by atoms with van der Waals surface area (Å²) in [6.07, 6.45) is -0.962. The van der Waals surface area contributed by atoms with Crippen LogP contribution >= 0.6 is 0 Å². The third-order valence-electron chi connectivity index (χ3n) is 6.01. The minimum Gasteiger partial charge on any atom is -0.465 e. The molecule has 1 atom stereocenters. The number of carbonyl (C=O) groups is 3. The van der Waals surface area contributed by atoms with E-state index >= 15 is 0 Å². The van der Waals surface area contributed by atoms with Crippen LogP contribution in [0, 0.1) is 0 Å². The van der Waals surface area contributed by atoms with Gasteiger partial charge in [0.05, 0.1) is 13.5 Å². The van der Waals surface area contributed by atoms with Crippen molar-refractivity contribution in [3.05, 3.63) is 65.5 Å². The number of alkyl carbamates (subject to hydrolysis) is 1. The van der Waals surface area contributed by atoms with Crippen LogP contribution in [0.4, 0.5) is 4.79 Å². The Labute approximate surface area is 226 Å². The number of ether oxygens (including phenoxy) is 3. The first-order valence-corrected chi connectivity index (χ1v) is 12.6. The van der Waals surface area contributed by atoms with Crippen molar-refractivity contribution in [1.82, 2.24) is 20.8 Å². The number of hydrogen-bond donors (Lipinski definition) is 2. The smallest absolute Gasteiger partial charge is 0.407 e. The lowest BCUT2D eigenvalue weighted by Crippen LogP contribution is -2.49. The summed E-state index contributed by atoms with van der Waals surface area (Å²) in [5, 5.41) is 8.80. The minimum absolute atomic E-state index is 0.0691. The second kappa shape index (κ2) is 12.0. The summed E-state index contributed by atoms with van der Waals surface area (Å²) >= 11 is 0. The van der Waals surface area contributed by atoms with Crippen molar-refractivity contribution in [2.45, 2.75) is 51.2 Å². The van der Waals surface area contributed by atoms with Gasteiger partial charge in [0.1, 0.15) is 18.2 Å². The molecule has 39 heavy (non-hydrogen) atoms. The number of fused-ring (bicyclic) bond motifs is 3. The summed E-state index contributed by atoms with van der Waals surface area (Å²) in [5.74, 6) is -1.10. The van der Waals surface area contributed by atoms with Gasteiger partial charge in [-0.3, -0.25) is 9.59 Å². The first kappa shape index (κ1) is 27.6. The van der Waals surface area contributed by atoms with E-state index in [0.29, 0.717) is 0 Å². The topological polar surface area (TPSA) is 142 Å². The lowest BCUT2D eigenvalue weighted by Gasteiger charge is -2.23. The monoisotopic (exact) mass is 536 g/mol. The molecule has 4 rings (SSSR count). The molecule has 0 radical (unpaired) electrons. The largest absolute Gasteiger partial charge is 0.465 e. The maximum atomic E-state index is 12.9. The average Bonchev–Trinajstić information content (AvgIpc) is 3.48. The SMILES string of the molecule is COc1noc(CCNC(=O)[C@H](CC(=O)OC(C)(C)C)NC(=O)OCC2c3ccccc3-c3ccccc32)n1. The molecule has 0 saturated heterocycles. The molecule has 0 spiro atoms. The molecule has 2 amide bonds. The first-order valence-electron chi connectivity index (χ1n) is 12.6. The van der Waals surface area contributed by atoms with Crippen LogP contribution in [0.15, 0.2) is 53.1 Å². The Kier molecular flexibility index (Phi) is 8.48. The zero-order valence-corrected chi connectivity index (χ0v) is 22.4. The van der Waals surface area contributed by atoms with Crippen LogP contribution in [0.5, 0.6) is 6.01 Å². The Morgan fingerprint density at radius 1 is 1.03 bits per heavy atom. The summed E-state index contributed by atoms with van der Waals surface area (Å²) in [7, 11) is 1.41. The van der Waals surface area contributed by atoms with E-state index in [1.54, 1.807) is 20.8 Å². The highest BCUT2D eigenvalue weighted by molar-refractivity contribution is 5.89. The Morgan fingerprint density at radius 3 is 2.26 bits per heavy atom. The molecule has 2 N–H and O–H groups in total. The number of amides is 2. The second-order valence-corrected chi connectivity index (χ2v) is 10.0. The highest BCUT2D eigenvalue weighted by Gasteiger charge is 2.31. The third kappa shape index (κ3) is 7.13. The van der Waals surface area contributed by atoms with E-state index < -0.39 is 29.6 Å². The highest BCUT2D eigenvalue weighted by atomic mass is 16.6. The van der Waals surface area contributed by atoms with Gasteiger partial charge in [0, 0.05) is 18.9 Å². The molecule has 3 aromatic rings. The van der Waals surface area contributed by atoms with Gasteiger partial charge >= 0.3 is 18.1 Å². The molecule has 1 aromatic heterocycles. The summed E-state index contributed by atoms with van der Waals surface area (Å²) in [4.78, 5) is 42.2. The van der Waals surface area contributed by atoms with Gasteiger partial charge in [-0.05, 0) is 48.2 Å². The van der Waals surface area contributed by atoms with Gasteiger partial charge in [-0.2, -0.15) is 4.98 Å². The predicted molar refractivity (Wildman–Crippen MR) is 140 cm³/mol. The van der Waals surface area contributed by atoms with E-state index in [4.69, 9.17) is 18.7 Å². The van der Waals surface area contributed by atoms with E-state index in [0.717, 1.165) is 22.3 Å². The zero-order chi connectivity index (χ0) is 28.0. The molecule has 0 saturated carbocycles. The van der Waals surface area contributed by atoms with Crippen molar-refractivity contribution < 1.29 is 33.1 Å². The molecule has 0 unspecified atom stereocenters. The number of esters is 1. The summed E-state index contributed by atoms with van der Waals surface area (Å²) in [6.45, 7) is 5.36. The number of nitrogens with one attached hydrogen (secondary N) is 2. The molecule has 206 valence electrons. The van der Waals surface area contributed by atoms with Gasteiger partial charge in [-0.1, -0.05) is 48.5 Å². The maximum absolute atomic E-state index is 12.9. The van der Waals surface area contributed by atoms with E-state index in [1.807, 2.05) is 48.5 Å². The second-order valence-electron chi connectivity index (χ2n) is 10.0. The van der Waals surface area contributed by atoms with Crippen molar-refractivity contribution in [3.63, 3.8) is 0 Å². The van der Waals surface area contributed by atoms with Gasteiger partial charge in [-0.15, -0.1) is 0 Å². The summed E-state index contributed by atoms with van der Waals surface area (Å²) < 4.78 is 20.8. The number of hydrogen-bond acceptors (Lipinski definition) is 9. The molecular weight excluding hydrogens is 504 g/mol. The van der Waals surface area contributed by atoms with E-state index in [2.05, 4.69) is 20.8 Å². The molecular formula is C28H32N4O7. The standard InChI is InChI=1S/C28H32N4O7/c1-28(2,3)38-24(33)15-22(25(34)29-14-13-23-31-26(36-4)32-39-23)30-27(35)37-16-21-19-11-7-5-9-17(19)18-10-6-8-12-20(18)21/h5-12,21-22H,13-16H2,1-4H3,(H,29,34)(H,30,35)/t22-/m0/s1. The first-order chi connectivity index (χ1) is 18.6. The Bertz CT molecular complexity index is 1290. The van der Waals surface area contributed by atoms with Crippen LogP contribution in [-0.2, 0) is 25.5 Å². The normalized spacial score (nSPS) is 13.1. The average molecular weight is 537 g/mol. The molecule has 11 heteroatoms. The molecule has 0 fully saturated rings. The number of rotatable bonds is 10. The van der Waals surface area contributed by atoms with Crippen LogP contribution in [0.3, 0.4) is 0 Å². The zero-order valence-electron chi connectivity index (χ0n) is 22.4. The molecule has 1 aliphatic carbocycles. The van der Waals surface area contributed by atoms with Crippen molar-refractivity contribution in [2.24, 2.45) is 0 Å². The number of benzene rings is 2. The fourth-order valence-corrected chi connectivity index (χ4v) is 4.38. The van der Waals surface area contributed by atoms with Gasteiger partial charge < -0.3 is 29.4 Å². The van der Waals surface area contributed by atoms with Crippen LogP contribution < -0.4 is 15.4 Å².